The van der Waals surface area contributed by atoms with Gasteiger partial charge in [0.1, 0.15) is 11.2 Å². The van der Waals surface area contributed by atoms with Crippen molar-refractivity contribution < 1.29 is 8.83 Å². The Kier molecular flexibility index (Phi) is 8.01. The second-order valence-electron chi connectivity index (χ2n) is 17.3. The fraction of sp³-hybridized carbons (Fsp3) is 0. The predicted molar refractivity (Wildman–Crippen MR) is 279 cm³/mol. The van der Waals surface area contributed by atoms with E-state index in [9.17, 15) is 10.5 Å². The first-order chi connectivity index (χ1) is 33.7. The minimum atomic E-state index is 0.618. The average Bonchev–Trinajstić information content (AvgIpc) is 3.98. The number of benzene rings is 12. The topological polar surface area (TPSA) is 80.3 Å². The summed E-state index contributed by atoms with van der Waals surface area (Å²) in [4.78, 5) is 4.64. The lowest BCUT2D eigenvalue weighted by atomic mass is 9.91. The molecule has 6 nitrogen and oxygen atoms in total. The standard InChI is InChI=1S/C62H34N4O2/c63-35-39-27-33-51(43-13-3-1-11-41(39)43)65(55-19-9-17-47-45-15-5-7-21-57(45)67-61(47)55)53-31-25-37-24-30-50-54(32-26-38-23-29-49(53)59(37)60(38)50)66(52-34-28-40(36-64)42-12-2-4-14-44(42)52)56-20-10-18-48-46-16-6-8-22-58(46)68-62(48)56/h1-34H. The van der Waals surface area contributed by atoms with Gasteiger partial charge in [0.25, 0.3) is 0 Å². The molecule has 0 aliphatic carbocycles. The molecule has 14 rings (SSSR count). The number of furan rings is 2. The van der Waals surface area contributed by atoms with Gasteiger partial charge >= 0.3 is 0 Å². The molecule has 12 aromatic carbocycles. The van der Waals surface area contributed by atoms with Gasteiger partial charge in [0, 0.05) is 53.9 Å². The lowest BCUT2D eigenvalue weighted by molar-refractivity contribution is 0.669. The molecule has 14 aromatic rings. The maximum Gasteiger partial charge on any atom is 0.159 e. The molecule has 0 amide bonds. The lowest BCUT2D eigenvalue weighted by Crippen LogP contribution is -2.12. The van der Waals surface area contributed by atoms with Crippen molar-refractivity contribution in [1.82, 2.24) is 0 Å². The van der Waals surface area contributed by atoms with Crippen molar-refractivity contribution in [3.63, 3.8) is 0 Å². The molecular weight excluding hydrogens is 833 g/mol. The zero-order valence-corrected chi connectivity index (χ0v) is 36.2. The summed E-state index contributed by atoms with van der Waals surface area (Å²) in [6.45, 7) is 0. The van der Waals surface area contributed by atoms with Crippen molar-refractivity contribution in [1.29, 1.82) is 10.5 Å². The zero-order valence-electron chi connectivity index (χ0n) is 36.2. The van der Waals surface area contributed by atoms with Crippen molar-refractivity contribution in [2.45, 2.75) is 0 Å². The van der Waals surface area contributed by atoms with Crippen LogP contribution in [0.3, 0.4) is 0 Å². The number of nitriles is 2. The molecule has 314 valence electrons. The maximum absolute atomic E-state index is 10.3. The molecule has 68 heavy (non-hydrogen) atoms. The van der Waals surface area contributed by atoms with Gasteiger partial charge < -0.3 is 18.6 Å². The van der Waals surface area contributed by atoms with E-state index in [1.165, 1.54) is 0 Å². The van der Waals surface area contributed by atoms with E-state index in [1.54, 1.807) is 0 Å². The fourth-order valence-electron chi connectivity index (χ4n) is 10.9. The first kappa shape index (κ1) is 37.7. The maximum atomic E-state index is 10.3. The van der Waals surface area contributed by atoms with E-state index in [1.807, 2.05) is 84.9 Å². The second kappa shape index (κ2) is 14.4. The quantitative estimate of drug-likeness (QED) is 0.155. The summed E-state index contributed by atoms with van der Waals surface area (Å²) in [7, 11) is 0. The van der Waals surface area contributed by atoms with E-state index in [0.29, 0.717) is 11.1 Å². The van der Waals surface area contributed by atoms with Crippen molar-refractivity contribution in [2.24, 2.45) is 0 Å². The van der Waals surface area contributed by atoms with Crippen molar-refractivity contribution in [2.75, 3.05) is 9.80 Å². The van der Waals surface area contributed by atoms with E-state index in [2.05, 4.69) is 143 Å². The summed E-state index contributed by atoms with van der Waals surface area (Å²) in [6.07, 6.45) is 0. The van der Waals surface area contributed by atoms with Crippen LogP contribution in [0.25, 0.3) is 97.7 Å². The fourth-order valence-corrected chi connectivity index (χ4v) is 10.9. The van der Waals surface area contributed by atoms with E-state index < -0.39 is 0 Å². The molecule has 0 spiro atoms. The molecule has 0 aliphatic rings. The number of hydrogen-bond acceptors (Lipinski definition) is 6. The highest BCUT2D eigenvalue weighted by Gasteiger charge is 2.27. The molecule has 0 saturated heterocycles. The Balaban J connectivity index is 1.08. The molecule has 2 aromatic heterocycles. The summed E-state index contributed by atoms with van der Waals surface area (Å²) in [5, 5.41) is 35.0. The van der Waals surface area contributed by atoms with Crippen LogP contribution in [0.1, 0.15) is 11.1 Å². The average molecular weight is 867 g/mol. The SMILES string of the molecule is N#Cc1ccc(N(c2ccc3ccc4c(N(c5ccc(C#N)c6ccccc56)c5cccc6c5oc5ccccc56)ccc5ccc2c3c54)c2cccc3c2oc2ccccc23)c2ccccc12. The first-order valence-corrected chi connectivity index (χ1v) is 22.6. The van der Waals surface area contributed by atoms with E-state index >= 15 is 0 Å². The summed E-state index contributed by atoms with van der Waals surface area (Å²) >= 11 is 0. The van der Waals surface area contributed by atoms with Crippen LogP contribution in [0.4, 0.5) is 34.1 Å². The number of para-hydroxylation sites is 4. The van der Waals surface area contributed by atoms with Gasteiger partial charge in [0.15, 0.2) is 11.2 Å². The molecule has 2 heterocycles. The van der Waals surface area contributed by atoms with Crippen LogP contribution in [0.15, 0.2) is 215 Å². The van der Waals surface area contributed by atoms with Crippen LogP contribution in [0.2, 0.25) is 0 Å². The molecule has 0 radical (unpaired) electrons. The highest BCUT2D eigenvalue weighted by Crippen LogP contribution is 2.52. The number of rotatable bonds is 6. The van der Waals surface area contributed by atoms with E-state index in [-0.39, 0.29) is 0 Å². The van der Waals surface area contributed by atoms with Gasteiger partial charge in [-0.3, -0.25) is 0 Å². The molecule has 0 saturated carbocycles. The van der Waals surface area contributed by atoms with Crippen LogP contribution in [0, 0.1) is 22.7 Å². The van der Waals surface area contributed by atoms with Gasteiger partial charge in [-0.1, -0.05) is 146 Å². The number of hydrogen-bond donors (Lipinski definition) is 0. The van der Waals surface area contributed by atoms with Gasteiger partial charge in [-0.05, 0) is 82.2 Å². The Morgan fingerprint density at radius 1 is 0.279 bits per heavy atom. The highest BCUT2D eigenvalue weighted by atomic mass is 16.3. The van der Waals surface area contributed by atoms with Crippen LogP contribution >= 0.6 is 0 Å². The predicted octanol–water partition coefficient (Wildman–Crippen LogP) is 17.4. The van der Waals surface area contributed by atoms with Crippen LogP contribution in [-0.2, 0) is 0 Å². The number of anilines is 6. The monoisotopic (exact) mass is 866 g/mol. The summed E-state index contributed by atoms with van der Waals surface area (Å²) in [6, 6.07) is 76.1. The molecule has 0 fully saturated rings. The third kappa shape index (κ3) is 5.31. The Labute approximate surface area is 388 Å². The summed E-state index contributed by atoms with van der Waals surface area (Å²) < 4.78 is 13.6. The third-order valence-corrected chi connectivity index (χ3v) is 13.9. The molecule has 0 atom stereocenters. The second-order valence-corrected chi connectivity index (χ2v) is 17.3. The minimum absolute atomic E-state index is 0.618. The lowest BCUT2D eigenvalue weighted by Gasteiger charge is -2.30. The Hall–Kier alpha value is -9.62. The molecular formula is C62H34N4O2. The third-order valence-electron chi connectivity index (χ3n) is 13.9. The van der Waals surface area contributed by atoms with Gasteiger partial charge in [0.05, 0.1) is 57.4 Å². The molecule has 0 bridgehead atoms. The van der Waals surface area contributed by atoms with Gasteiger partial charge in [-0.25, -0.2) is 0 Å². The molecule has 0 aliphatic heterocycles. The smallest absolute Gasteiger partial charge is 0.159 e. The molecule has 6 heteroatoms. The molecule has 0 N–H and O–H groups in total. The van der Waals surface area contributed by atoms with Gasteiger partial charge in [0.2, 0.25) is 0 Å². The largest absolute Gasteiger partial charge is 0.454 e. The summed E-state index contributed by atoms with van der Waals surface area (Å²) in [5.41, 5.74) is 10.0. The normalized spacial score (nSPS) is 11.8. The van der Waals surface area contributed by atoms with Crippen LogP contribution in [-0.4, -0.2) is 0 Å². The van der Waals surface area contributed by atoms with E-state index in [0.717, 1.165) is 132 Å². The summed E-state index contributed by atoms with van der Waals surface area (Å²) in [5.74, 6) is 0. The van der Waals surface area contributed by atoms with Crippen molar-refractivity contribution >= 4 is 132 Å². The molecule has 0 unspecified atom stereocenters. The van der Waals surface area contributed by atoms with Crippen LogP contribution < -0.4 is 9.80 Å². The Morgan fingerprint density at radius 2 is 0.632 bits per heavy atom. The Bertz CT molecular complexity index is 4220. The first-order valence-electron chi connectivity index (χ1n) is 22.6. The minimum Gasteiger partial charge on any atom is -0.454 e. The van der Waals surface area contributed by atoms with E-state index in [4.69, 9.17) is 8.83 Å². The Morgan fingerprint density at radius 3 is 1.07 bits per heavy atom. The zero-order chi connectivity index (χ0) is 45.0. The van der Waals surface area contributed by atoms with Crippen molar-refractivity contribution in [3.8, 4) is 12.1 Å². The van der Waals surface area contributed by atoms with Crippen molar-refractivity contribution in [3.05, 3.63) is 217 Å². The number of fused-ring (bicyclic) bond motifs is 8. The highest BCUT2D eigenvalue weighted by molar-refractivity contribution is 6.29. The van der Waals surface area contributed by atoms with Gasteiger partial charge in [-0.2, -0.15) is 10.5 Å². The van der Waals surface area contributed by atoms with Crippen LogP contribution in [0.5, 0.6) is 0 Å². The number of nitrogens with zero attached hydrogens (tertiary/aromatic N) is 4. The van der Waals surface area contributed by atoms with Gasteiger partial charge in [-0.15, -0.1) is 0 Å².